The zero-order valence-corrected chi connectivity index (χ0v) is 39.5. The quantitative estimate of drug-likeness (QED) is 0.0245. The molecule has 0 bridgehead atoms. The van der Waals surface area contributed by atoms with Gasteiger partial charge in [-0.3, -0.25) is 13.8 Å². The molecule has 0 aliphatic heterocycles. The molecule has 9 heteroatoms. The number of rotatable bonds is 40. The first-order valence-electron chi connectivity index (χ1n) is 23.3. The molecule has 0 aliphatic carbocycles. The van der Waals surface area contributed by atoms with Crippen LogP contribution in [-0.4, -0.2) is 73.4 Å². The van der Waals surface area contributed by atoms with Crippen LogP contribution in [0.3, 0.4) is 0 Å². The Morgan fingerprint density at radius 1 is 0.583 bits per heavy atom. The number of quaternary nitrogens is 1. The van der Waals surface area contributed by atoms with E-state index in [1.807, 2.05) is 27.2 Å². The highest BCUT2D eigenvalue weighted by Crippen LogP contribution is 2.43. The Morgan fingerprint density at radius 3 is 1.47 bits per heavy atom. The number of phosphoric acid groups is 1. The topological polar surface area (TPSA) is 105 Å². The fourth-order valence-corrected chi connectivity index (χ4v) is 6.55. The summed E-state index contributed by atoms with van der Waals surface area (Å²) in [7, 11) is 1.52. The Bertz CT molecular complexity index is 1340. The summed E-state index contributed by atoms with van der Waals surface area (Å²) in [6.07, 6.45) is 60.3. The zero-order chi connectivity index (χ0) is 44.3. The molecule has 0 spiro atoms. The van der Waals surface area contributed by atoms with Crippen molar-refractivity contribution >= 4 is 13.7 Å². The minimum absolute atomic E-state index is 0.0462. The summed E-state index contributed by atoms with van der Waals surface area (Å²) in [6.45, 7) is 4.62. The third-order valence-corrected chi connectivity index (χ3v) is 10.5. The molecule has 0 aromatic heterocycles. The van der Waals surface area contributed by atoms with Crippen molar-refractivity contribution in [2.75, 3.05) is 40.9 Å². The van der Waals surface area contributed by atoms with Gasteiger partial charge in [-0.2, -0.15) is 0 Å². The Morgan fingerprint density at radius 2 is 1.00 bits per heavy atom. The Labute approximate surface area is 368 Å². The molecule has 0 saturated heterocycles. The summed E-state index contributed by atoms with van der Waals surface area (Å²) in [5.41, 5.74) is 0. The average molecular weight is 856 g/mol. The highest BCUT2D eigenvalue weighted by atomic mass is 31.2. The molecule has 3 atom stereocenters. The van der Waals surface area contributed by atoms with Crippen molar-refractivity contribution in [3.05, 3.63) is 109 Å². The molecule has 0 rings (SSSR count). The molecule has 8 nitrogen and oxygen atoms in total. The fourth-order valence-electron chi connectivity index (χ4n) is 5.82. The Balaban J connectivity index is 4.42. The SMILES string of the molecule is CC/C=C\C/C=C\C/C=C\C/C=C\C/C=C\C/C=C\C/C=C\C/C=C\CCCCC(=O)NC(COP(=O)(O)OCC[N+](C)(C)C)C(O)/C=C/CCCCCCCCCCC. The highest BCUT2D eigenvalue weighted by molar-refractivity contribution is 7.47. The smallest absolute Gasteiger partial charge is 0.387 e. The van der Waals surface area contributed by atoms with Gasteiger partial charge in [-0.25, -0.2) is 4.57 Å². The van der Waals surface area contributed by atoms with Crippen LogP contribution >= 0.6 is 7.82 Å². The van der Waals surface area contributed by atoms with Crippen LogP contribution in [0, 0.1) is 0 Å². The van der Waals surface area contributed by atoms with Crippen molar-refractivity contribution in [3.63, 3.8) is 0 Å². The fraction of sp³-hybridized carbons (Fsp3) is 0.627. The number of amides is 1. The molecule has 0 aromatic carbocycles. The van der Waals surface area contributed by atoms with Gasteiger partial charge in [0.2, 0.25) is 5.91 Å². The second-order valence-electron chi connectivity index (χ2n) is 16.4. The van der Waals surface area contributed by atoms with E-state index in [0.717, 1.165) is 83.5 Å². The number of nitrogens with zero attached hydrogens (tertiary/aromatic N) is 1. The molecule has 60 heavy (non-hydrogen) atoms. The maximum atomic E-state index is 12.9. The van der Waals surface area contributed by atoms with Gasteiger partial charge < -0.3 is 19.8 Å². The number of carbonyl (C=O) groups excluding carboxylic acids is 1. The van der Waals surface area contributed by atoms with E-state index in [9.17, 15) is 19.4 Å². The van der Waals surface area contributed by atoms with Crippen LogP contribution in [-0.2, 0) is 18.4 Å². The van der Waals surface area contributed by atoms with E-state index in [4.69, 9.17) is 9.05 Å². The van der Waals surface area contributed by atoms with Gasteiger partial charge in [0.05, 0.1) is 39.9 Å². The monoisotopic (exact) mass is 856 g/mol. The van der Waals surface area contributed by atoms with Gasteiger partial charge in [-0.15, -0.1) is 0 Å². The van der Waals surface area contributed by atoms with Gasteiger partial charge in [0.1, 0.15) is 13.2 Å². The van der Waals surface area contributed by atoms with Gasteiger partial charge in [0, 0.05) is 6.42 Å². The predicted octanol–water partition coefficient (Wildman–Crippen LogP) is 13.3. The Kier molecular flexibility index (Phi) is 39.5. The molecule has 0 aromatic rings. The van der Waals surface area contributed by atoms with Crippen LogP contribution < -0.4 is 5.32 Å². The molecule has 1 amide bonds. The third kappa shape index (κ3) is 43.3. The number of nitrogens with one attached hydrogen (secondary N) is 1. The van der Waals surface area contributed by atoms with Crippen LogP contribution in [0.2, 0.25) is 0 Å². The predicted molar refractivity (Wildman–Crippen MR) is 258 cm³/mol. The van der Waals surface area contributed by atoms with Crippen LogP contribution in [0.4, 0.5) is 0 Å². The van der Waals surface area contributed by atoms with Crippen LogP contribution in [0.1, 0.15) is 155 Å². The standard InChI is InChI=1S/C51H87N2O6P/c1-6-8-10-12-14-16-18-19-20-21-22-23-24-25-26-27-28-29-30-31-32-33-35-37-39-41-43-45-51(55)52-49(48-59-60(56,57)58-47-46-53(3,4)5)50(54)44-42-40-38-36-34-17-15-13-11-9-7-2/h8,10,14,16,19-20,22-23,25-26,28-29,31-32,35,37,42,44,49-50,54H,6-7,9,11-13,15,17-18,21,24,27,30,33-34,36,38-41,43,45-48H2,1-5H3,(H-,52,55,56,57)/p+1/b10-8-,16-14-,20-19-,23-22-,26-25-,29-28-,32-31-,37-35-,44-42+. The first kappa shape index (κ1) is 57.2. The number of aliphatic hydroxyl groups excluding tert-OH is 1. The van der Waals surface area contributed by atoms with Crippen molar-refractivity contribution in [3.8, 4) is 0 Å². The van der Waals surface area contributed by atoms with Crippen molar-refractivity contribution in [2.24, 2.45) is 0 Å². The first-order chi connectivity index (χ1) is 29.0. The molecule has 0 saturated carbocycles. The number of allylic oxidation sites excluding steroid dienone is 17. The summed E-state index contributed by atoms with van der Waals surface area (Å²) in [6, 6.07) is -0.876. The maximum Gasteiger partial charge on any atom is 0.472 e. The van der Waals surface area contributed by atoms with Gasteiger partial charge >= 0.3 is 7.82 Å². The van der Waals surface area contributed by atoms with Crippen LogP contribution in [0.15, 0.2) is 109 Å². The first-order valence-corrected chi connectivity index (χ1v) is 24.8. The minimum Gasteiger partial charge on any atom is -0.387 e. The number of likely N-dealkylation sites (N-methyl/N-ethyl adjacent to an activating group) is 1. The lowest BCUT2D eigenvalue weighted by Crippen LogP contribution is -2.45. The van der Waals surface area contributed by atoms with E-state index in [2.05, 4.69) is 116 Å². The van der Waals surface area contributed by atoms with E-state index in [-0.39, 0.29) is 19.1 Å². The second kappa shape index (κ2) is 41.5. The van der Waals surface area contributed by atoms with Gasteiger partial charge in [-0.1, -0.05) is 175 Å². The summed E-state index contributed by atoms with van der Waals surface area (Å²) < 4.78 is 23.5. The lowest BCUT2D eigenvalue weighted by molar-refractivity contribution is -0.870. The van der Waals surface area contributed by atoms with Crippen LogP contribution in [0.5, 0.6) is 0 Å². The molecule has 3 unspecified atom stereocenters. The number of phosphoric ester groups is 1. The largest absolute Gasteiger partial charge is 0.472 e. The summed E-state index contributed by atoms with van der Waals surface area (Å²) in [4.78, 5) is 23.1. The van der Waals surface area contributed by atoms with E-state index >= 15 is 0 Å². The van der Waals surface area contributed by atoms with Crippen molar-refractivity contribution in [1.82, 2.24) is 5.32 Å². The van der Waals surface area contributed by atoms with Crippen molar-refractivity contribution in [1.29, 1.82) is 0 Å². The van der Waals surface area contributed by atoms with Crippen molar-refractivity contribution in [2.45, 2.75) is 167 Å². The van der Waals surface area contributed by atoms with Gasteiger partial charge in [0.15, 0.2) is 0 Å². The van der Waals surface area contributed by atoms with E-state index in [1.165, 1.54) is 44.9 Å². The number of hydrogen-bond acceptors (Lipinski definition) is 5. The number of carbonyl (C=O) groups is 1. The molecule has 342 valence electrons. The molecule has 3 N–H and O–H groups in total. The molecule has 0 aliphatic rings. The zero-order valence-electron chi connectivity index (χ0n) is 38.6. The Hall–Kier alpha value is -2.84. The van der Waals surface area contributed by atoms with E-state index < -0.39 is 20.0 Å². The number of aliphatic hydroxyl groups is 1. The second-order valence-corrected chi connectivity index (χ2v) is 17.9. The summed E-state index contributed by atoms with van der Waals surface area (Å²) in [5, 5.41) is 13.8. The minimum atomic E-state index is -4.36. The number of hydrogen-bond donors (Lipinski definition) is 3. The molecular weight excluding hydrogens is 768 g/mol. The lowest BCUT2D eigenvalue weighted by atomic mass is 10.1. The highest BCUT2D eigenvalue weighted by Gasteiger charge is 2.27. The van der Waals surface area contributed by atoms with Gasteiger partial charge in [-0.05, 0) is 83.5 Å². The average Bonchev–Trinajstić information content (AvgIpc) is 3.20. The van der Waals surface area contributed by atoms with E-state index in [1.54, 1.807) is 6.08 Å². The number of unbranched alkanes of at least 4 members (excludes halogenated alkanes) is 11. The third-order valence-electron chi connectivity index (χ3n) is 9.50. The lowest BCUT2D eigenvalue weighted by Gasteiger charge is -2.25. The molecular formula is C51H88N2O6P+. The van der Waals surface area contributed by atoms with Gasteiger partial charge in [0.25, 0.3) is 0 Å². The normalized spacial score (nSPS) is 15.2. The molecule has 0 radical (unpaired) electrons. The van der Waals surface area contributed by atoms with Crippen LogP contribution in [0.25, 0.3) is 0 Å². The molecule has 0 heterocycles. The van der Waals surface area contributed by atoms with E-state index in [0.29, 0.717) is 23.9 Å². The maximum absolute atomic E-state index is 12.9. The van der Waals surface area contributed by atoms with Crippen molar-refractivity contribution < 1.29 is 32.9 Å². The molecule has 0 fully saturated rings. The summed E-state index contributed by atoms with van der Waals surface area (Å²) >= 11 is 0. The summed E-state index contributed by atoms with van der Waals surface area (Å²) in [5.74, 6) is -0.227.